The van der Waals surface area contributed by atoms with Gasteiger partial charge in [-0.15, -0.1) is 11.3 Å². The molecule has 2 heterocycles. The van der Waals surface area contributed by atoms with Crippen LogP contribution in [0, 0.1) is 5.82 Å². The van der Waals surface area contributed by atoms with E-state index in [1.54, 1.807) is 17.4 Å². The number of anilines is 3. The Balaban J connectivity index is 2.01. The van der Waals surface area contributed by atoms with Crippen LogP contribution in [0.3, 0.4) is 0 Å². The molecule has 0 saturated carbocycles. The van der Waals surface area contributed by atoms with Gasteiger partial charge in [0, 0.05) is 12.2 Å². The summed E-state index contributed by atoms with van der Waals surface area (Å²) < 4.78 is 13.2. The number of benzene rings is 1. The van der Waals surface area contributed by atoms with Crippen LogP contribution in [0.1, 0.15) is 6.92 Å². The highest BCUT2D eigenvalue weighted by molar-refractivity contribution is 7.16. The molecule has 0 unspecified atom stereocenters. The topological polar surface area (TPSA) is 49.8 Å². The van der Waals surface area contributed by atoms with Gasteiger partial charge in [0.1, 0.15) is 16.5 Å². The zero-order chi connectivity index (χ0) is 14.8. The SMILES string of the molecule is CCNc1nc(Nc2ccc(F)c(Cl)c2)c2ccsc2n1. The van der Waals surface area contributed by atoms with Gasteiger partial charge in [0.25, 0.3) is 0 Å². The zero-order valence-corrected chi connectivity index (χ0v) is 12.7. The molecular weight excluding hydrogens is 311 g/mol. The number of nitrogens with zero attached hydrogens (tertiary/aromatic N) is 2. The Kier molecular flexibility index (Phi) is 3.90. The molecule has 1 aromatic carbocycles. The average Bonchev–Trinajstić information content (AvgIpc) is 2.92. The molecule has 4 nitrogen and oxygen atoms in total. The van der Waals surface area contributed by atoms with Gasteiger partial charge in [-0.2, -0.15) is 4.98 Å². The molecule has 0 radical (unpaired) electrons. The fourth-order valence-electron chi connectivity index (χ4n) is 1.90. The lowest BCUT2D eigenvalue weighted by molar-refractivity contribution is 0.628. The zero-order valence-electron chi connectivity index (χ0n) is 11.2. The van der Waals surface area contributed by atoms with Crippen LogP contribution in [0.25, 0.3) is 10.2 Å². The first-order valence-corrected chi connectivity index (χ1v) is 7.64. The maximum Gasteiger partial charge on any atom is 0.226 e. The van der Waals surface area contributed by atoms with Crippen molar-refractivity contribution in [3.8, 4) is 0 Å². The van der Waals surface area contributed by atoms with Crippen molar-refractivity contribution in [2.24, 2.45) is 0 Å². The van der Waals surface area contributed by atoms with E-state index in [9.17, 15) is 4.39 Å². The molecule has 0 spiro atoms. The number of rotatable bonds is 4. The van der Waals surface area contributed by atoms with Gasteiger partial charge in [0.15, 0.2) is 0 Å². The summed E-state index contributed by atoms with van der Waals surface area (Å²) in [6.45, 7) is 2.72. The molecule has 0 bridgehead atoms. The molecule has 0 atom stereocenters. The van der Waals surface area contributed by atoms with Crippen molar-refractivity contribution >= 4 is 50.6 Å². The number of fused-ring (bicyclic) bond motifs is 1. The van der Waals surface area contributed by atoms with E-state index in [4.69, 9.17) is 11.6 Å². The number of aromatic nitrogens is 2. The van der Waals surface area contributed by atoms with Gasteiger partial charge in [-0.1, -0.05) is 11.6 Å². The lowest BCUT2D eigenvalue weighted by Gasteiger charge is -2.09. The van der Waals surface area contributed by atoms with Crippen LogP contribution in [-0.4, -0.2) is 16.5 Å². The van der Waals surface area contributed by atoms with Crippen LogP contribution in [-0.2, 0) is 0 Å². The third-order valence-corrected chi connectivity index (χ3v) is 3.94. The molecule has 2 aromatic heterocycles. The fraction of sp³-hybridized carbons (Fsp3) is 0.143. The van der Waals surface area contributed by atoms with E-state index in [2.05, 4.69) is 20.6 Å². The highest BCUT2D eigenvalue weighted by Gasteiger charge is 2.10. The maximum atomic E-state index is 13.2. The second kappa shape index (κ2) is 5.83. The minimum atomic E-state index is -0.445. The van der Waals surface area contributed by atoms with Gasteiger partial charge >= 0.3 is 0 Å². The van der Waals surface area contributed by atoms with Crippen LogP contribution in [0.5, 0.6) is 0 Å². The molecule has 7 heteroatoms. The first-order chi connectivity index (χ1) is 10.2. The summed E-state index contributed by atoms with van der Waals surface area (Å²) in [4.78, 5) is 9.76. The summed E-state index contributed by atoms with van der Waals surface area (Å²) in [5.41, 5.74) is 0.676. The van der Waals surface area contributed by atoms with E-state index in [1.807, 2.05) is 18.4 Å². The van der Waals surface area contributed by atoms with Gasteiger partial charge in [-0.25, -0.2) is 9.37 Å². The Hall–Kier alpha value is -1.92. The summed E-state index contributed by atoms with van der Waals surface area (Å²) in [6.07, 6.45) is 0. The Morgan fingerprint density at radius 2 is 2.14 bits per heavy atom. The van der Waals surface area contributed by atoms with Crippen LogP contribution in [0.4, 0.5) is 21.8 Å². The van der Waals surface area contributed by atoms with Gasteiger partial charge in [-0.3, -0.25) is 0 Å². The molecule has 3 aromatic rings. The van der Waals surface area contributed by atoms with E-state index in [-0.39, 0.29) is 5.02 Å². The molecule has 0 fully saturated rings. The second-order valence-corrected chi connectivity index (χ2v) is 5.62. The van der Waals surface area contributed by atoms with Gasteiger partial charge in [0.05, 0.1) is 10.4 Å². The van der Waals surface area contributed by atoms with Crippen molar-refractivity contribution in [2.45, 2.75) is 6.92 Å². The molecule has 2 N–H and O–H groups in total. The lowest BCUT2D eigenvalue weighted by Crippen LogP contribution is -2.04. The van der Waals surface area contributed by atoms with Crippen LogP contribution < -0.4 is 10.6 Å². The summed E-state index contributed by atoms with van der Waals surface area (Å²) in [6, 6.07) is 6.42. The van der Waals surface area contributed by atoms with E-state index < -0.39 is 5.82 Å². The first-order valence-electron chi connectivity index (χ1n) is 6.38. The minimum absolute atomic E-state index is 0.0718. The highest BCUT2D eigenvalue weighted by Crippen LogP contribution is 2.29. The van der Waals surface area contributed by atoms with Crippen molar-refractivity contribution < 1.29 is 4.39 Å². The molecule has 0 aliphatic heterocycles. The van der Waals surface area contributed by atoms with E-state index in [0.29, 0.717) is 17.5 Å². The van der Waals surface area contributed by atoms with E-state index in [0.717, 1.165) is 16.8 Å². The molecule has 3 rings (SSSR count). The minimum Gasteiger partial charge on any atom is -0.354 e. The smallest absolute Gasteiger partial charge is 0.226 e. The van der Waals surface area contributed by atoms with Crippen LogP contribution >= 0.6 is 22.9 Å². The van der Waals surface area contributed by atoms with Crippen LogP contribution in [0.2, 0.25) is 5.02 Å². The monoisotopic (exact) mass is 322 g/mol. The molecular formula is C14H12ClFN4S. The predicted octanol–water partition coefficient (Wildman–Crippen LogP) is 4.66. The summed E-state index contributed by atoms with van der Waals surface area (Å²) in [5.74, 6) is 0.780. The molecule has 0 aliphatic carbocycles. The predicted molar refractivity (Wildman–Crippen MR) is 86.3 cm³/mol. The second-order valence-electron chi connectivity index (χ2n) is 4.32. The van der Waals surface area contributed by atoms with Crippen molar-refractivity contribution in [2.75, 3.05) is 17.2 Å². The van der Waals surface area contributed by atoms with Crippen LogP contribution in [0.15, 0.2) is 29.6 Å². The molecule has 0 saturated heterocycles. The molecule has 21 heavy (non-hydrogen) atoms. The highest BCUT2D eigenvalue weighted by atomic mass is 35.5. The Morgan fingerprint density at radius 3 is 2.90 bits per heavy atom. The maximum absolute atomic E-state index is 13.2. The third kappa shape index (κ3) is 2.91. The van der Waals surface area contributed by atoms with Gasteiger partial charge in [-0.05, 0) is 36.6 Å². The third-order valence-electron chi connectivity index (χ3n) is 2.84. The lowest BCUT2D eigenvalue weighted by atomic mass is 10.3. The number of hydrogen-bond donors (Lipinski definition) is 2. The van der Waals surface area contributed by atoms with Crippen molar-refractivity contribution in [1.29, 1.82) is 0 Å². The number of thiophene rings is 1. The Morgan fingerprint density at radius 1 is 1.29 bits per heavy atom. The number of hydrogen-bond acceptors (Lipinski definition) is 5. The number of halogens is 2. The largest absolute Gasteiger partial charge is 0.354 e. The Bertz CT molecular complexity index is 790. The molecule has 108 valence electrons. The molecule has 0 amide bonds. The quantitative estimate of drug-likeness (QED) is 0.733. The first kappa shape index (κ1) is 14.0. The van der Waals surface area contributed by atoms with E-state index in [1.165, 1.54) is 12.1 Å². The summed E-state index contributed by atoms with van der Waals surface area (Å²) in [7, 11) is 0. The Labute approximate surface area is 130 Å². The molecule has 0 aliphatic rings. The average molecular weight is 323 g/mol. The van der Waals surface area contributed by atoms with E-state index >= 15 is 0 Å². The standard InChI is InChI=1S/C14H12ClFN4S/c1-2-17-14-19-12(9-5-6-21-13(9)20-14)18-8-3-4-11(16)10(15)7-8/h3-7H,2H2,1H3,(H2,17,18,19,20). The number of nitrogens with one attached hydrogen (secondary N) is 2. The fourth-order valence-corrected chi connectivity index (χ4v) is 2.84. The van der Waals surface area contributed by atoms with Crippen molar-refractivity contribution in [3.63, 3.8) is 0 Å². The van der Waals surface area contributed by atoms with Crippen molar-refractivity contribution in [1.82, 2.24) is 9.97 Å². The van der Waals surface area contributed by atoms with Gasteiger partial charge in [0.2, 0.25) is 5.95 Å². The van der Waals surface area contributed by atoms with Crippen molar-refractivity contribution in [3.05, 3.63) is 40.5 Å². The summed E-state index contributed by atoms with van der Waals surface area (Å²) >= 11 is 7.34. The summed E-state index contributed by atoms with van der Waals surface area (Å²) in [5, 5.41) is 9.21. The van der Waals surface area contributed by atoms with Gasteiger partial charge < -0.3 is 10.6 Å². The normalized spacial score (nSPS) is 10.8.